The zero-order chi connectivity index (χ0) is 11.5. The first-order chi connectivity index (χ1) is 7.69. The molecule has 0 aliphatic carbocycles. The molecule has 0 aromatic carbocycles. The molecule has 1 aliphatic rings. The van der Waals surface area contributed by atoms with Crippen LogP contribution in [0.4, 0.5) is 5.95 Å². The van der Waals surface area contributed by atoms with Gasteiger partial charge >= 0.3 is 0 Å². The maximum atomic E-state index is 11.3. The van der Waals surface area contributed by atoms with E-state index in [1.165, 1.54) is 6.07 Å². The predicted molar refractivity (Wildman–Crippen MR) is 63.9 cm³/mol. The zero-order valence-electron chi connectivity index (χ0n) is 9.86. The maximum Gasteiger partial charge on any atom is 0.252 e. The average molecular weight is 222 g/mol. The van der Waals surface area contributed by atoms with Crippen molar-refractivity contribution < 1.29 is 0 Å². The minimum Gasteiger partial charge on any atom is -0.340 e. The first-order valence-corrected chi connectivity index (χ1v) is 5.74. The van der Waals surface area contributed by atoms with Crippen LogP contribution in [0.15, 0.2) is 10.9 Å². The number of nitrogens with one attached hydrogen (secondary N) is 1. The van der Waals surface area contributed by atoms with E-state index in [0.29, 0.717) is 5.95 Å². The van der Waals surface area contributed by atoms with Gasteiger partial charge in [-0.25, -0.2) is 4.98 Å². The van der Waals surface area contributed by atoms with E-state index in [1.54, 1.807) is 0 Å². The molecule has 1 saturated heterocycles. The summed E-state index contributed by atoms with van der Waals surface area (Å²) >= 11 is 0. The van der Waals surface area contributed by atoms with Crippen LogP contribution in [-0.4, -0.2) is 47.6 Å². The summed E-state index contributed by atoms with van der Waals surface area (Å²) < 4.78 is 0. The van der Waals surface area contributed by atoms with Gasteiger partial charge in [0.25, 0.3) is 5.56 Å². The molecule has 2 heterocycles. The van der Waals surface area contributed by atoms with Gasteiger partial charge in [0.1, 0.15) is 0 Å². The number of H-pyrrole nitrogens is 1. The lowest BCUT2D eigenvalue weighted by Crippen LogP contribution is -2.47. The van der Waals surface area contributed by atoms with Crippen molar-refractivity contribution in [1.82, 2.24) is 14.9 Å². The Kier molecular flexibility index (Phi) is 3.24. The Morgan fingerprint density at radius 1 is 1.38 bits per heavy atom. The monoisotopic (exact) mass is 222 g/mol. The molecule has 1 fully saturated rings. The Balaban J connectivity index is 2.11. The molecule has 0 spiro atoms. The van der Waals surface area contributed by atoms with Crippen LogP contribution in [0.3, 0.4) is 0 Å². The second-order valence-corrected chi connectivity index (χ2v) is 4.13. The SMILES string of the molecule is CCN1CCN(c2nc(C)cc(=O)[nH]2)CC1. The first kappa shape index (κ1) is 11.1. The van der Waals surface area contributed by atoms with Crippen LogP contribution in [0, 0.1) is 6.92 Å². The van der Waals surface area contributed by atoms with E-state index in [9.17, 15) is 4.79 Å². The first-order valence-electron chi connectivity index (χ1n) is 5.74. The van der Waals surface area contributed by atoms with Crippen LogP contribution in [0.5, 0.6) is 0 Å². The van der Waals surface area contributed by atoms with E-state index >= 15 is 0 Å². The van der Waals surface area contributed by atoms with Crippen molar-refractivity contribution in [2.45, 2.75) is 13.8 Å². The molecule has 1 aromatic rings. The quantitative estimate of drug-likeness (QED) is 0.777. The number of likely N-dealkylation sites (N-methyl/N-ethyl adjacent to an activating group) is 1. The molecule has 0 saturated carbocycles. The Hall–Kier alpha value is -1.36. The summed E-state index contributed by atoms with van der Waals surface area (Å²) in [6.45, 7) is 9.04. The summed E-state index contributed by atoms with van der Waals surface area (Å²) in [6, 6.07) is 1.52. The van der Waals surface area contributed by atoms with Gasteiger partial charge < -0.3 is 9.80 Å². The van der Waals surface area contributed by atoms with Gasteiger partial charge in [0, 0.05) is 37.9 Å². The van der Waals surface area contributed by atoms with Gasteiger partial charge in [0.2, 0.25) is 5.95 Å². The highest BCUT2D eigenvalue weighted by Gasteiger charge is 2.17. The smallest absolute Gasteiger partial charge is 0.252 e. The van der Waals surface area contributed by atoms with Gasteiger partial charge in [-0.2, -0.15) is 0 Å². The third-order valence-corrected chi connectivity index (χ3v) is 2.98. The van der Waals surface area contributed by atoms with Crippen molar-refractivity contribution in [2.24, 2.45) is 0 Å². The molecule has 1 aliphatic heterocycles. The molecule has 5 nitrogen and oxygen atoms in total. The third-order valence-electron chi connectivity index (χ3n) is 2.98. The Bertz CT molecular complexity index is 407. The largest absolute Gasteiger partial charge is 0.340 e. The van der Waals surface area contributed by atoms with Crippen molar-refractivity contribution in [3.63, 3.8) is 0 Å². The fourth-order valence-electron chi connectivity index (χ4n) is 1.99. The second kappa shape index (κ2) is 4.65. The number of aromatic nitrogens is 2. The summed E-state index contributed by atoms with van der Waals surface area (Å²) in [5.41, 5.74) is 0.706. The number of aryl methyl sites for hydroxylation is 1. The van der Waals surface area contributed by atoms with Crippen LogP contribution < -0.4 is 10.5 Å². The van der Waals surface area contributed by atoms with Crippen LogP contribution in [0.2, 0.25) is 0 Å². The number of hydrogen-bond acceptors (Lipinski definition) is 4. The molecule has 0 unspecified atom stereocenters. The molecule has 2 rings (SSSR count). The standard InChI is InChI=1S/C11H18N4O/c1-3-14-4-6-15(7-5-14)11-12-9(2)8-10(16)13-11/h8H,3-7H2,1-2H3,(H,12,13,16). The Morgan fingerprint density at radius 2 is 2.06 bits per heavy atom. The zero-order valence-corrected chi connectivity index (χ0v) is 9.86. The number of rotatable bonds is 2. The molecule has 0 amide bonds. The van der Waals surface area contributed by atoms with Crippen molar-refractivity contribution in [3.05, 3.63) is 22.1 Å². The van der Waals surface area contributed by atoms with Gasteiger partial charge in [0.15, 0.2) is 0 Å². The van der Waals surface area contributed by atoms with Crippen LogP contribution in [0.1, 0.15) is 12.6 Å². The molecule has 88 valence electrons. The third kappa shape index (κ3) is 2.41. The number of nitrogens with zero attached hydrogens (tertiary/aromatic N) is 3. The number of hydrogen-bond donors (Lipinski definition) is 1. The van der Waals surface area contributed by atoms with E-state index in [2.05, 4.69) is 26.7 Å². The molecule has 0 bridgehead atoms. The van der Waals surface area contributed by atoms with E-state index in [0.717, 1.165) is 38.4 Å². The fourth-order valence-corrected chi connectivity index (χ4v) is 1.99. The summed E-state index contributed by atoms with van der Waals surface area (Å²) in [5, 5.41) is 0. The van der Waals surface area contributed by atoms with Crippen LogP contribution in [0.25, 0.3) is 0 Å². The number of piperazine rings is 1. The van der Waals surface area contributed by atoms with Gasteiger partial charge in [-0.3, -0.25) is 9.78 Å². The lowest BCUT2D eigenvalue weighted by Gasteiger charge is -2.34. The fraction of sp³-hybridized carbons (Fsp3) is 0.636. The Morgan fingerprint density at radius 3 is 2.62 bits per heavy atom. The minimum atomic E-state index is -0.0691. The van der Waals surface area contributed by atoms with Crippen LogP contribution in [-0.2, 0) is 0 Å². The van der Waals surface area contributed by atoms with Crippen molar-refractivity contribution in [2.75, 3.05) is 37.6 Å². The molecule has 0 atom stereocenters. The minimum absolute atomic E-state index is 0.0691. The van der Waals surface area contributed by atoms with Gasteiger partial charge in [-0.05, 0) is 13.5 Å². The van der Waals surface area contributed by atoms with Crippen molar-refractivity contribution in [1.29, 1.82) is 0 Å². The van der Waals surface area contributed by atoms with Crippen molar-refractivity contribution in [3.8, 4) is 0 Å². The average Bonchev–Trinajstić information content (AvgIpc) is 2.28. The lowest BCUT2D eigenvalue weighted by molar-refractivity contribution is 0.270. The highest BCUT2D eigenvalue weighted by molar-refractivity contribution is 5.30. The van der Waals surface area contributed by atoms with E-state index in [4.69, 9.17) is 0 Å². The highest BCUT2D eigenvalue weighted by atomic mass is 16.1. The van der Waals surface area contributed by atoms with Gasteiger partial charge in [0.05, 0.1) is 0 Å². The van der Waals surface area contributed by atoms with E-state index in [-0.39, 0.29) is 5.56 Å². The molecular weight excluding hydrogens is 204 g/mol. The summed E-state index contributed by atoms with van der Waals surface area (Å²) in [4.78, 5) is 23.0. The summed E-state index contributed by atoms with van der Waals surface area (Å²) in [7, 11) is 0. The number of anilines is 1. The Labute approximate surface area is 95.1 Å². The molecule has 5 heteroatoms. The molecule has 0 radical (unpaired) electrons. The molecular formula is C11H18N4O. The van der Waals surface area contributed by atoms with Gasteiger partial charge in [-0.1, -0.05) is 6.92 Å². The summed E-state index contributed by atoms with van der Waals surface area (Å²) in [5.74, 6) is 0.709. The van der Waals surface area contributed by atoms with Crippen molar-refractivity contribution >= 4 is 5.95 Å². The maximum absolute atomic E-state index is 11.3. The molecule has 1 N–H and O–H groups in total. The predicted octanol–water partition coefficient (Wildman–Crippen LogP) is 0.220. The lowest BCUT2D eigenvalue weighted by atomic mass is 10.3. The highest BCUT2D eigenvalue weighted by Crippen LogP contribution is 2.09. The summed E-state index contributed by atoms with van der Waals surface area (Å²) in [6.07, 6.45) is 0. The van der Waals surface area contributed by atoms with E-state index < -0.39 is 0 Å². The molecule has 1 aromatic heterocycles. The van der Waals surface area contributed by atoms with E-state index in [1.807, 2.05) is 6.92 Å². The molecule has 16 heavy (non-hydrogen) atoms. The van der Waals surface area contributed by atoms with Gasteiger partial charge in [-0.15, -0.1) is 0 Å². The topological polar surface area (TPSA) is 52.2 Å². The van der Waals surface area contributed by atoms with Crippen LogP contribution >= 0.6 is 0 Å². The second-order valence-electron chi connectivity index (χ2n) is 4.13. The normalized spacial score (nSPS) is 17.8. The number of aromatic amines is 1.